The molecule has 0 radical (unpaired) electrons. The molecule has 0 saturated carbocycles. The summed E-state index contributed by atoms with van der Waals surface area (Å²) in [7, 11) is -3.81. The fraction of sp³-hybridized carbons (Fsp3) is 0.258. The molecule has 6 nitrogen and oxygen atoms in total. The minimum absolute atomic E-state index is 0.197. The number of aliphatic hydroxyl groups is 1. The monoisotopic (exact) mass is 527 g/mol. The highest BCUT2D eigenvalue weighted by Crippen LogP contribution is 2.36. The SMILES string of the molecule is CCc1ccc(S(=O)(=O)NC2c3cc(N(Cc4ccccc4)Cc4cccc(C)n4)ccc3CC2O)cc1. The Morgan fingerprint density at radius 3 is 2.39 bits per heavy atom. The predicted octanol–water partition coefficient (Wildman–Crippen LogP) is 5.10. The molecule has 5 rings (SSSR count). The van der Waals surface area contributed by atoms with Crippen LogP contribution < -0.4 is 9.62 Å². The molecule has 196 valence electrons. The van der Waals surface area contributed by atoms with Gasteiger partial charge >= 0.3 is 0 Å². The molecule has 2 atom stereocenters. The molecule has 0 aliphatic heterocycles. The molecule has 0 fully saturated rings. The number of pyridine rings is 1. The first-order chi connectivity index (χ1) is 18.3. The Morgan fingerprint density at radius 1 is 0.921 bits per heavy atom. The standard InChI is InChI=1S/C31H33N3O3S/c1-3-23-12-16-28(17-13-23)38(36,37)33-31-29-19-27(15-14-25(29)18-30(31)35)34(20-24-9-5-4-6-10-24)21-26-11-7-8-22(2)32-26/h4-17,19,30-31,33,35H,3,18,20-21H2,1-2H3. The van der Waals surface area contributed by atoms with Gasteiger partial charge in [-0.2, -0.15) is 0 Å². The summed E-state index contributed by atoms with van der Waals surface area (Å²) in [5.41, 5.74) is 6.84. The van der Waals surface area contributed by atoms with Gasteiger partial charge in [0.2, 0.25) is 10.0 Å². The van der Waals surface area contributed by atoms with Crippen LogP contribution in [0.3, 0.4) is 0 Å². The maximum Gasteiger partial charge on any atom is 0.241 e. The van der Waals surface area contributed by atoms with Gasteiger partial charge in [-0.25, -0.2) is 13.1 Å². The summed E-state index contributed by atoms with van der Waals surface area (Å²) in [5, 5.41) is 10.9. The van der Waals surface area contributed by atoms with Crippen LogP contribution in [0.5, 0.6) is 0 Å². The number of nitrogens with one attached hydrogen (secondary N) is 1. The van der Waals surface area contributed by atoms with Crippen LogP contribution in [0.1, 0.15) is 46.6 Å². The van der Waals surface area contributed by atoms with Crippen molar-refractivity contribution in [3.05, 3.63) is 125 Å². The Kier molecular flexibility index (Phi) is 7.61. The fourth-order valence-electron chi connectivity index (χ4n) is 5.01. The molecular weight excluding hydrogens is 494 g/mol. The lowest BCUT2D eigenvalue weighted by Gasteiger charge is -2.26. The summed E-state index contributed by atoms with van der Waals surface area (Å²) in [5.74, 6) is 0. The van der Waals surface area contributed by atoms with E-state index in [0.717, 1.165) is 45.7 Å². The van der Waals surface area contributed by atoms with Gasteiger partial charge in [-0.05, 0) is 72.0 Å². The van der Waals surface area contributed by atoms with Crippen LogP contribution in [-0.4, -0.2) is 24.6 Å². The third kappa shape index (κ3) is 5.80. The minimum atomic E-state index is -3.81. The minimum Gasteiger partial charge on any atom is -0.391 e. The van der Waals surface area contributed by atoms with Crippen molar-refractivity contribution in [1.82, 2.24) is 9.71 Å². The van der Waals surface area contributed by atoms with Crippen molar-refractivity contribution in [3.63, 3.8) is 0 Å². The van der Waals surface area contributed by atoms with Crippen molar-refractivity contribution in [2.45, 2.75) is 56.8 Å². The van der Waals surface area contributed by atoms with Crippen LogP contribution >= 0.6 is 0 Å². The summed E-state index contributed by atoms with van der Waals surface area (Å²) in [6.45, 7) is 5.27. The number of aryl methyl sites for hydroxylation is 2. The van der Waals surface area contributed by atoms with Crippen LogP contribution in [0.2, 0.25) is 0 Å². The molecule has 1 heterocycles. The highest BCUT2D eigenvalue weighted by molar-refractivity contribution is 7.89. The Morgan fingerprint density at radius 2 is 1.68 bits per heavy atom. The van der Waals surface area contributed by atoms with Crippen molar-refractivity contribution in [2.24, 2.45) is 0 Å². The maximum absolute atomic E-state index is 13.2. The number of aromatic nitrogens is 1. The van der Waals surface area contributed by atoms with E-state index >= 15 is 0 Å². The van der Waals surface area contributed by atoms with Crippen molar-refractivity contribution < 1.29 is 13.5 Å². The molecule has 0 saturated heterocycles. The molecule has 0 bridgehead atoms. The van der Waals surface area contributed by atoms with Gasteiger partial charge in [0.15, 0.2) is 0 Å². The third-order valence-electron chi connectivity index (χ3n) is 7.08. The van der Waals surface area contributed by atoms with E-state index < -0.39 is 22.2 Å². The topological polar surface area (TPSA) is 82.5 Å². The number of sulfonamides is 1. The van der Waals surface area contributed by atoms with Crippen molar-refractivity contribution >= 4 is 15.7 Å². The lowest BCUT2D eigenvalue weighted by atomic mass is 10.1. The molecule has 7 heteroatoms. The Bertz CT molecular complexity index is 1510. The van der Waals surface area contributed by atoms with E-state index in [1.807, 2.05) is 80.6 Å². The molecule has 2 N–H and O–H groups in total. The zero-order valence-electron chi connectivity index (χ0n) is 21.7. The number of aliphatic hydroxyl groups excluding tert-OH is 1. The quantitative estimate of drug-likeness (QED) is 0.317. The van der Waals surface area contributed by atoms with Gasteiger partial charge in [0.05, 0.1) is 29.3 Å². The van der Waals surface area contributed by atoms with E-state index in [-0.39, 0.29) is 4.90 Å². The summed E-state index contributed by atoms with van der Waals surface area (Å²) >= 11 is 0. The van der Waals surface area contributed by atoms with Crippen LogP contribution in [0.15, 0.2) is 95.9 Å². The van der Waals surface area contributed by atoms with Gasteiger partial charge in [-0.1, -0.05) is 61.5 Å². The molecule has 4 aromatic rings. The lowest BCUT2D eigenvalue weighted by Crippen LogP contribution is -2.34. The van der Waals surface area contributed by atoms with Crippen molar-refractivity contribution in [3.8, 4) is 0 Å². The predicted molar refractivity (Wildman–Crippen MR) is 150 cm³/mol. The van der Waals surface area contributed by atoms with E-state index in [1.54, 1.807) is 12.1 Å². The van der Waals surface area contributed by atoms with Crippen molar-refractivity contribution in [2.75, 3.05) is 4.90 Å². The van der Waals surface area contributed by atoms with E-state index in [2.05, 4.69) is 21.8 Å². The van der Waals surface area contributed by atoms with Gasteiger partial charge < -0.3 is 10.0 Å². The lowest BCUT2D eigenvalue weighted by molar-refractivity contribution is 0.151. The molecule has 38 heavy (non-hydrogen) atoms. The Balaban J connectivity index is 1.46. The second-order valence-electron chi connectivity index (χ2n) is 9.86. The molecule has 1 aliphatic carbocycles. The normalized spacial score (nSPS) is 16.8. The largest absolute Gasteiger partial charge is 0.391 e. The fourth-order valence-corrected chi connectivity index (χ4v) is 6.26. The Hall–Kier alpha value is -3.52. The third-order valence-corrected chi connectivity index (χ3v) is 8.54. The highest BCUT2D eigenvalue weighted by atomic mass is 32.2. The molecule has 1 aromatic heterocycles. The molecular formula is C31H33N3O3S. The average Bonchev–Trinajstić information content (AvgIpc) is 3.22. The van der Waals surface area contributed by atoms with Gasteiger partial charge in [-0.15, -0.1) is 0 Å². The summed E-state index contributed by atoms with van der Waals surface area (Å²) in [6.07, 6.45) is 0.393. The van der Waals surface area contributed by atoms with E-state index in [4.69, 9.17) is 4.98 Å². The van der Waals surface area contributed by atoms with Crippen LogP contribution in [0.25, 0.3) is 0 Å². The zero-order valence-corrected chi connectivity index (χ0v) is 22.5. The second kappa shape index (κ2) is 11.1. The van der Waals surface area contributed by atoms with Gasteiger partial charge in [0.25, 0.3) is 0 Å². The number of anilines is 1. The summed E-state index contributed by atoms with van der Waals surface area (Å²) < 4.78 is 29.2. The van der Waals surface area contributed by atoms with Crippen molar-refractivity contribution in [1.29, 1.82) is 0 Å². The van der Waals surface area contributed by atoms with Gasteiger partial charge in [0.1, 0.15) is 0 Å². The first-order valence-corrected chi connectivity index (χ1v) is 14.4. The smallest absolute Gasteiger partial charge is 0.241 e. The number of hydrogen-bond acceptors (Lipinski definition) is 5. The second-order valence-corrected chi connectivity index (χ2v) is 11.6. The molecule has 0 amide bonds. The van der Waals surface area contributed by atoms with Crippen LogP contribution in [-0.2, 0) is 36.0 Å². The molecule has 1 aliphatic rings. The Labute approximate surface area is 225 Å². The van der Waals surface area contributed by atoms with E-state index in [0.29, 0.717) is 19.5 Å². The van der Waals surface area contributed by atoms with Gasteiger partial charge in [0, 0.05) is 24.3 Å². The maximum atomic E-state index is 13.2. The number of benzene rings is 3. The van der Waals surface area contributed by atoms with Crippen LogP contribution in [0.4, 0.5) is 5.69 Å². The number of nitrogens with zero attached hydrogens (tertiary/aromatic N) is 2. The van der Waals surface area contributed by atoms with E-state index in [1.165, 1.54) is 0 Å². The molecule has 0 spiro atoms. The first kappa shape index (κ1) is 26.1. The summed E-state index contributed by atoms with van der Waals surface area (Å²) in [6, 6.07) is 28.5. The zero-order chi connectivity index (χ0) is 26.7. The molecule has 2 unspecified atom stereocenters. The van der Waals surface area contributed by atoms with E-state index in [9.17, 15) is 13.5 Å². The van der Waals surface area contributed by atoms with Crippen LogP contribution in [0, 0.1) is 6.92 Å². The first-order valence-electron chi connectivity index (χ1n) is 13.0. The highest BCUT2D eigenvalue weighted by Gasteiger charge is 2.35. The summed E-state index contributed by atoms with van der Waals surface area (Å²) in [4.78, 5) is 7.13. The molecule has 3 aromatic carbocycles. The number of fused-ring (bicyclic) bond motifs is 1. The number of rotatable bonds is 9. The van der Waals surface area contributed by atoms with Gasteiger partial charge in [-0.3, -0.25) is 4.98 Å². The average molecular weight is 528 g/mol. The number of hydrogen-bond donors (Lipinski definition) is 2.